The Morgan fingerprint density at radius 1 is 0.971 bits per heavy atom. The molecule has 1 amide bonds. The van der Waals surface area contributed by atoms with Crippen molar-refractivity contribution in [3.63, 3.8) is 0 Å². The summed E-state index contributed by atoms with van der Waals surface area (Å²) in [6.45, 7) is 5.83. The number of carbonyl (C=O) groups is 1. The fourth-order valence-corrected chi connectivity index (χ4v) is 5.99. The Morgan fingerprint density at radius 2 is 1.68 bits per heavy atom. The molecule has 3 aromatic carbocycles. The van der Waals surface area contributed by atoms with Crippen LogP contribution in [0.5, 0.6) is 0 Å². The summed E-state index contributed by atoms with van der Waals surface area (Å²) in [6.07, 6.45) is 0. The molecule has 0 fully saturated rings. The van der Waals surface area contributed by atoms with Gasteiger partial charge in [-0.15, -0.1) is 0 Å². The number of carbonyl (C=O) groups excluding carboxylic acids is 1. The van der Waals surface area contributed by atoms with Gasteiger partial charge in [-0.25, -0.2) is 8.42 Å². The summed E-state index contributed by atoms with van der Waals surface area (Å²) in [5, 5.41) is 3.29. The van der Waals surface area contributed by atoms with Crippen molar-refractivity contribution in [2.24, 2.45) is 0 Å². The van der Waals surface area contributed by atoms with E-state index in [1.165, 1.54) is 11.1 Å². The van der Waals surface area contributed by atoms with Gasteiger partial charge in [0, 0.05) is 23.1 Å². The summed E-state index contributed by atoms with van der Waals surface area (Å²) in [7, 11) is -3.97. The molecule has 0 saturated heterocycles. The monoisotopic (exact) mass is 516 g/mol. The van der Waals surface area contributed by atoms with Crippen LogP contribution in [0, 0.1) is 20.8 Å². The second kappa shape index (κ2) is 11.8. The molecule has 0 aliphatic carbocycles. The third kappa shape index (κ3) is 6.56. The lowest BCUT2D eigenvalue weighted by molar-refractivity contribution is -0.119. The van der Waals surface area contributed by atoms with Gasteiger partial charge in [0.15, 0.2) is 0 Å². The van der Waals surface area contributed by atoms with E-state index in [0.717, 1.165) is 21.4 Å². The molecule has 5 nitrogen and oxygen atoms in total. The number of hydrogen-bond donors (Lipinski definition) is 1. The summed E-state index contributed by atoms with van der Waals surface area (Å²) in [5.41, 5.74) is 4.45. The number of hydrogen-bond acceptors (Lipinski definition) is 4. The van der Waals surface area contributed by atoms with Gasteiger partial charge in [0.05, 0.1) is 10.6 Å². The lowest BCUT2D eigenvalue weighted by atomic mass is 10.1. The minimum absolute atomic E-state index is 0.124. The predicted octanol–water partition coefficient (Wildman–Crippen LogP) is 5.51. The molecule has 3 aromatic rings. The number of thioether (sulfide) groups is 1. The van der Waals surface area contributed by atoms with Crippen molar-refractivity contribution < 1.29 is 13.2 Å². The van der Waals surface area contributed by atoms with Crippen LogP contribution in [0.3, 0.4) is 0 Å². The van der Waals surface area contributed by atoms with Gasteiger partial charge in [0.1, 0.15) is 6.54 Å². The lowest BCUT2D eigenvalue weighted by Gasteiger charge is -2.26. The molecular formula is C26H29ClN2O3S2. The molecule has 0 bridgehead atoms. The maximum atomic E-state index is 13.5. The van der Waals surface area contributed by atoms with Crippen LogP contribution in [0.2, 0.25) is 5.02 Å². The number of halogens is 1. The first kappa shape index (κ1) is 26.1. The number of nitrogens with zero attached hydrogens (tertiary/aromatic N) is 1. The molecule has 0 spiro atoms. The van der Waals surface area contributed by atoms with E-state index >= 15 is 0 Å². The SMILES string of the molecule is Cc1ccc(S(=O)(=O)N(CC(=O)NCCSCc2ccccc2C)c2cccc(Cl)c2C)cc1. The van der Waals surface area contributed by atoms with E-state index in [0.29, 0.717) is 22.8 Å². The number of benzene rings is 3. The van der Waals surface area contributed by atoms with E-state index in [-0.39, 0.29) is 17.3 Å². The quantitative estimate of drug-likeness (QED) is 0.361. The van der Waals surface area contributed by atoms with Crippen molar-refractivity contribution in [3.8, 4) is 0 Å². The molecule has 0 atom stereocenters. The van der Waals surface area contributed by atoms with Crippen LogP contribution in [0.25, 0.3) is 0 Å². The number of anilines is 1. The number of sulfonamides is 1. The highest BCUT2D eigenvalue weighted by Gasteiger charge is 2.28. The van der Waals surface area contributed by atoms with Crippen LogP contribution >= 0.6 is 23.4 Å². The molecule has 34 heavy (non-hydrogen) atoms. The fourth-order valence-electron chi connectivity index (χ4n) is 3.41. The molecule has 0 aliphatic rings. The number of amides is 1. The highest BCUT2D eigenvalue weighted by molar-refractivity contribution is 7.98. The molecule has 8 heteroatoms. The topological polar surface area (TPSA) is 66.5 Å². The van der Waals surface area contributed by atoms with E-state index in [2.05, 4.69) is 24.4 Å². The van der Waals surface area contributed by atoms with Crippen LogP contribution in [0.1, 0.15) is 22.3 Å². The Hall–Kier alpha value is -2.48. The Morgan fingerprint density at radius 3 is 2.38 bits per heavy atom. The maximum Gasteiger partial charge on any atom is 0.264 e. The Bertz CT molecular complexity index is 1250. The maximum absolute atomic E-state index is 13.5. The van der Waals surface area contributed by atoms with E-state index in [1.807, 2.05) is 19.1 Å². The molecule has 180 valence electrons. The van der Waals surface area contributed by atoms with Crippen LogP contribution in [-0.4, -0.2) is 33.2 Å². The van der Waals surface area contributed by atoms with Crippen molar-refractivity contribution in [3.05, 3.63) is 94.0 Å². The van der Waals surface area contributed by atoms with Crippen LogP contribution in [0.15, 0.2) is 71.6 Å². The van der Waals surface area contributed by atoms with Gasteiger partial charge < -0.3 is 5.32 Å². The van der Waals surface area contributed by atoms with Crippen LogP contribution in [-0.2, 0) is 20.6 Å². The summed E-state index contributed by atoms with van der Waals surface area (Å²) in [5.74, 6) is 1.21. The van der Waals surface area contributed by atoms with Crippen LogP contribution in [0.4, 0.5) is 5.69 Å². The van der Waals surface area contributed by atoms with E-state index in [4.69, 9.17) is 11.6 Å². The van der Waals surface area contributed by atoms with Crippen molar-refractivity contribution in [2.45, 2.75) is 31.4 Å². The van der Waals surface area contributed by atoms with Gasteiger partial charge in [-0.2, -0.15) is 11.8 Å². The predicted molar refractivity (Wildman–Crippen MR) is 142 cm³/mol. The second-order valence-corrected chi connectivity index (χ2v) is 11.4. The Labute approximate surface area is 211 Å². The molecule has 0 radical (unpaired) electrons. The average Bonchev–Trinajstić information content (AvgIpc) is 2.80. The van der Waals surface area contributed by atoms with Gasteiger partial charge in [0.2, 0.25) is 5.91 Å². The molecule has 0 saturated carbocycles. The Balaban J connectivity index is 1.70. The zero-order valence-electron chi connectivity index (χ0n) is 19.5. The van der Waals surface area contributed by atoms with Gasteiger partial charge in [-0.05, 0) is 61.7 Å². The van der Waals surface area contributed by atoms with Crippen LogP contribution < -0.4 is 9.62 Å². The second-order valence-electron chi connectivity index (χ2n) is 8.04. The zero-order chi connectivity index (χ0) is 24.7. The minimum Gasteiger partial charge on any atom is -0.354 e. The normalized spacial score (nSPS) is 11.3. The van der Waals surface area contributed by atoms with E-state index < -0.39 is 10.0 Å². The van der Waals surface area contributed by atoms with E-state index in [9.17, 15) is 13.2 Å². The van der Waals surface area contributed by atoms with E-state index in [1.54, 1.807) is 61.2 Å². The van der Waals surface area contributed by atoms with Gasteiger partial charge >= 0.3 is 0 Å². The first-order valence-corrected chi connectivity index (χ1v) is 13.9. The molecular weight excluding hydrogens is 488 g/mol. The molecule has 0 heterocycles. The summed E-state index contributed by atoms with van der Waals surface area (Å²) < 4.78 is 28.1. The van der Waals surface area contributed by atoms with Gasteiger partial charge in [0.25, 0.3) is 10.0 Å². The number of rotatable bonds is 10. The average molecular weight is 517 g/mol. The Kier molecular flexibility index (Phi) is 9.05. The zero-order valence-corrected chi connectivity index (χ0v) is 21.9. The molecule has 1 N–H and O–H groups in total. The number of aryl methyl sites for hydroxylation is 2. The summed E-state index contributed by atoms with van der Waals surface area (Å²) >= 11 is 7.99. The third-order valence-corrected chi connectivity index (χ3v) is 8.68. The van der Waals surface area contributed by atoms with Crippen molar-refractivity contribution in [2.75, 3.05) is 23.1 Å². The highest BCUT2D eigenvalue weighted by Crippen LogP contribution is 2.30. The van der Waals surface area contributed by atoms with Crippen molar-refractivity contribution >= 4 is 45.0 Å². The highest BCUT2D eigenvalue weighted by atomic mass is 35.5. The standard InChI is InChI=1S/C26H29ClN2O3S2/c1-19-11-13-23(14-12-19)34(31,32)29(25-10-6-9-24(27)21(25)3)17-26(30)28-15-16-33-18-22-8-5-4-7-20(22)2/h4-14H,15-18H2,1-3H3,(H,28,30). The molecule has 0 unspecified atom stereocenters. The summed E-state index contributed by atoms with van der Waals surface area (Å²) in [6, 6.07) is 19.8. The molecule has 3 rings (SSSR count). The number of nitrogens with one attached hydrogen (secondary N) is 1. The fraction of sp³-hybridized carbons (Fsp3) is 0.269. The van der Waals surface area contributed by atoms with Gasteiger partial charge in [-0.3, -0.25) is 9.10 Å². The van der Waals surface area contributed by atoms with Crippen molar-refractivity contribution in [1.82, 2.24) is 5.32 Å². The van der Waals surface area contributed by atoms with Gasteiger partial charge in [-0.1, -0.05) is 59.6 Å². The van der Waals surface area contributed by atoms with Crippen molar-refractivity contribution in [1.29, 1.82) is 0 Å². The lowest BCUT2D eigenvalue weighted by Crippen LogP contribution is -2.41. The minimum atomic E-state index is -3.97. The smallest absolute Gasteiger partial charge is 0.264 e. The first-order valence-electron chi connectivity index (χ1n) is 10.9. The summed E-state index contributed by atoms with van der Waals surface area (Å²) in [4.78, 5) is 12.9. The molecule has 0 aromatic heterocycles. The third-order valence-electron chi connectivity index (χ3n) is 5.49. The molecule has 0 aliphatic heterocycles. The largest absolute Gasteiger partial charge is 0.354 e. The first-order chi connectivity index (χ1) is 16.2.